The zero-order valence-corrected chi connectivity index (χ0v) is 19.3. The Morgan fingerprint density at radius 2 is 1.86 bits per heavy atom. The second-order valence-corrected chi connectivity index (χ2v) is 9.30. The van der Waals surface area contributed by atoms with Crippen molar-refractivity contribution in [1.82, 2.24) is 4.90 Å². The highest BCUT2D eigenvalue weighted by molar-refractivity contribution is 7.17. The first-order valence-corrected chi connectivity index (χ1v) is 10.4. The van der Waals surface area contributed by atoms with Gasteiger partial charge in [0.05, 0.1) is 12.2 Å². The van der Waals surface area contributed by atoms with Gasteiger partial charge in [-0.1, -0.05) is 32.9 Å². The van der Waals surface area contributed by atoms with Crippen LogP contribution in [0.25, 0.3) is 0 Å². The van der Waals surface area contributed by atoms with Gasteiger partial charge in [0, 0.05) is 23.5 Å². The van der Waals surface area contributed by atoms with Crippen molar-refractivity contribution in [3.05, 3.63) is 51.4 Å². The monoisotopic (exact) mass is 436 g/mol. The van der Waals surface area contributed by atoms with Crippen molar-refractivity contribution in [3.63, 3.8) is 0 Å². The molecule has 1 aromatic carbocycles. The largest absolute Gasteiger partial charge is 0.462 e. The fourth-order valence-electron chi connectivity index (χ4n) is 3.34. The Labute approximate surface area is 182 Å². The number of thiophene rings is 1. The number of anilines is 1. The van der Waals surface area contributed by atoms with E-state index in [2.05, 4.69) is 38.0 Å². The number of ether oxygens (including phenoxy) is 1. The van der Waals surface area contributed by atoms with Crippen LogP contribution in [0.2, 0.25) is 0 Å². The predicted octanol–water partition coefficient (Wildman–Crippen LogP) is 4.88. The number of hydrogen-bond donors (Lipinski definition) is 1. The number of nitrogens with one attached hydrogen (secondary N) is 1. The van der Waals surface area contributed by atoms with Crippen molar-refractivity contribution in [2.75, 3.05) is 25.5 Å². The minimum Gasteiger partial charge on any atom is -0.462 e. The average molecular weight is 437 g/mol. The highest BCUT2D eigenvalue weighted by Crippen LogP contribution is 2.37. The molecule has 1 aliphatic rings. The van der Waals surface area contributed by atoms with Gasteiger partial charge in [0.2, 0.25) is 0 Å². The van der Waals surface area contributed by atoms with Gasteiger partial charge >= 0.3 is 5.97 Å². The summed E-state index contributed by atoms with van der Waals surface area (Å²) in [5, 5.41) is 3.54. The van der Waals surface area contributed by atoms with Crippen molar-refractivity contribution in [2.24, 2.45) is 0 Å². The van der Waals surface area contributed by atoms with Gasteiger partial charge in [-0.25, -0.2) is 4.79 Å². The molecule has 7 heteroatoms. The Balaban J connectivity index is 0.00000300. The maximum absolute atomic E-state index is 12.8. The molecule has 5 nitrogen and oxygen atoms in total. The van der Waals surface area contributed by atoms with Crippen LogP contribution in [0.15, 0.2) is 24.3 Å². The van der Waals surface area contributed by atoms with Crippen molar-refractivity contribution in [2.45, 2.75) is 46.1 Å². The predicted molar refractivity (Wildman–Crippen MR) is 121 cm³/mol. The summed E-state index contributed by atoms with van der Waals surface area (Å²) in [6, 6.07) is 7.63. The number of hydrogen-bond acceptors (Lipinski definition) is 5. The zero-order chi connectivity index (χ0) is 20.5. The summed E-state index contributed by atoms with van der Waals surface area (Å²) < 4.78 is 5.26. The van der Waals surface area contributed by atoms with Gasteiger partial charge in [0.1, 0.15) is 5.00 Å². The molecule has 2 aromatic rings. The Morgan fingerprint density at radius 1 is 1.21 bits per heavy atom. The van der Waals surface area contributed by atoms with Crippen LogP contribution in [0.4, 0.5) is 5.00 Å². The Morgan fingerprint density at radius 3 is 2.45 bits per heavy atom. The Hall–Kier alpha value is -1.89. The number of esters is 1. The van der Waals surface area contributed by atoms with E-state index < -0.39 is 0 Å². The SMILES string of the molecule is CCOC(=O)c1c(NC(=O)c2ccc(C(C)(C)C)cc2)sc2c1CCN(C)C2.Cl. The van der Waals surface area contributed by atoms with E-state index in [1.54, 1.807) is 6.92 Å². The molecule has 1 aromatic heterocycles. The number of amides is 1. The van der Waals surface area contributed by atoms with E-state index in [0.717, 1.165) is 30.0 Å². The Kier molecular flexibility index (Phi) is 7.49. The lowest BCUT2D eigenvalue weighted by Crippen LogP contribution is -2.26. The summed E-state index contributed by atoms with van der Waals surface area (Å²) in [6.07, 6.45) is 0.784. The molecule has 0 unspecified atom stereocenters. The molecule has 0 atom stereocenters. The van der Waals surface area contributed by atoms with E-state index in [1.807, 2.05) is 24.3 Å². The lowest BCUT2D eigenvalue weighted by atomic mass is 9.87. The quantitative estimate of drug-likeness (QED) is 0.693. The molecule has 0 bridgehead atoms. The Bertz CT molecular complexity index is 885. The summed E-state index contributed by atoms with van der Waals surface area (Å²) >= 11 is 1.48. The van der Waals surface area contributed by atoms with Gasteiger partial charge in [-0.2, -0.15) is 0 Å². The van der Waals surface area contributed by atoms with Crippen molar-refractivity contribution >= 4 is 40.6 Å². The number of carbonyl (C=O) groups excluding carboxylic acids is 2. The van der Waals surface area contributed by atoms with Crippen LogP contribution in [-0.4, -0.2) is 37.0 Å². The normalized spacial score (nSPS) is 14.0. The highest BCUT2D eigenvalue weighted by atomic mass is 35.5. The van der Waals surface area contributed by atoms with Gasteiger partial charge < -0.3 is 15.0 Å². The van der Waals surface area contributed by atoms with E-state index >= 15 is 0 Å². The fourth-order valence-corrected chi connectivity index (χ4v) is 4.65. The highest BCUT2D eigenvalue weighted by Gasteiger charge is 2.28. The molecule has 0 aliphatic carbocycles. The number of rotatable bonds is 4. The number of likely N-dealkylation sites (N-methyl/N-ethyl adjacent to an activating group) is 1. The molecule has 0 saturated carbocycles. The van der Waals surface area contributed by atoms with E-state index in [9.17, 15) is 9.59 Å². The molecule has 3 rings (SSSR count). The number of nitrogens with zero attached hydrogens (tertiary/aromatic N) is 1. The number of halogens is 1. The van der Waals surface area contributed by atoms with Gasteiger partial charge in [-0.05, 0) is 49.1 Å². The summed E-state index contributed by atoms with van der Waals surface area (Å²) in [5.74, 6) is -0.569. The number of carbonyl (C=O) groups is 2. The molecule has 0 radical (unpaired) electrons. The fraction of sp³-hybridized carbons (Fsp3) is 0.455. The van der Waals surface area contributed by atoms with Crippen LogP contribution in [-0.2, 0) is 23.1 Å². The number of fused-ring (bicyclic) bond motifs is 1. The second-order valence-electron chi connectivity index (χ2n) is 8.20. The second kappa shape index (κ2) is 9.28. The lowest BCUT2D eigenvalue weighted by molar-refractivity contribution is 0.0526. The van der Waals surface area contributed by atoms with Crippen LogP contribution in [0, 0.1) is 0 Å². The molecule has 29 heavy (non-hydrogen) atoms. The van der Waals surface area contributed by atoms with Gasteiger partial charge in [0.15, 0.2) is 0 Å². The third kappa shape index (κ3) is 5.18. The molecule has 1 N–H and O–H groups in total. The van der Waals surface area contributed by atoms with Crippen molar-refractivity contribution < 1.29 is 14.3 Å². The summed E-state index contributed by atoms with van der Waals surface area (Å²) in [6.45, 7) is 10.2. The number of benzene rings is 1. The first-order chi connectivity index (χ1) is 13.2. The molecule has 1 aliphatic heterocycles. The van der Waals surface area contributed by atoms with Gasteiger partial charge in [-0.3, -0.25) is 4.79 Å². The molecular formula is C22H29ClN2O3S. The van der Waals surface area contributed by atoms with E-state index in [-0.39, 0.29) is 29.7 Å². The smallest absolute Gasteiger partial charge is 0.341 e. The summed E-state index contributed by atoms with van der Waals surface area (Å²) in [4.78, 5) is 28.7. The first-order valence-electron chi connectivity index (χ1n) is 9.62. The van der Waals surface area contributed by atoms with Crippen LogP contribution in [0.1, 0.15) is 64.4 Å². The maximum atomic E-state index is 12.8. The van der Waals surface area contributed by atoms with Crippen LogP contribution in [0.5, 0.6) is 0 Å². The van der Waals surface area contributed by atoms with Crippen molar-refractivity contribution in [3.8, 4) is 0 Å². The van der Waals surface area contributed by atoms with Gasteiger partial charge in [-0.15, -0.1) is 23.7 Å². The topological polar surface area (TPSA) is 58.6 Å². The van der Waals surface area contributed by atoms with Crippen LogP contribution >= 0.6 is 23.7 Å². The molecular weight excluding hydrogens is 408 g/mol. The van der Waals surface area contributed by atoms with Crippen LogP contribution in [0.3, 0.4) is 0 Å². The minimum absolute atomic E-state index is 0. The molecule has 0 spiro atoms. The molecule has 1 amide bonds. The maximum Gasteiger partial charge on any atom is 0.341 e. The molecule has 0 saturated heterocycles. The third-order valence-corrected chi connectivity index (χ3v) is 6.10. The third-order valence-electron chi connectivity index (χ3n) is 4.97. The standard InChI is InChI=1S/C22H28N2O3S.ClH/c1-6-27-21(26)18-16-11-12-24(5)13-17(16)28-20(18)23-19(25)14-7-9-15(10-8-14)22(2,3)4;/h7-10H,6,11-13H2,1-5H3,(H,23,25);1H. The van der Waals surface area contributed by atoms with E-state index in [0.29, 0.717) is 22.7 Å². The minimum atomic E-state index is -0.358. The van der Waals surface area contributed by atoms with Gasteiger partial charge in [0.25, 0.3) is 5.91 Å². The van der Waals surface area contributed by atoms with E-state index in [1.165, 1.54) is 16.9 Å². The summed E-state index contributed by atoms with van der Waals surface area (Å²) in [5.41, 5.74) is 3.32. The summed E-state index contributed by atoms with van der Waals surface area (Å²) in [7, 11) is 2.06. The zero-order valence-electron chi connectivity index (χ0n) is 17.6. The average Bonchev–Trinajstić information content (AvgIpc) is 2.98. The molecule has 0 fully saturated rings. The van der Waals surface area contributed by atoms with Crippen molar-refractivity contribution in [1.29, 1.82) is 0 Å². The lowest BCUT2D eigenvalue weighted by Gasteiger charge is -2.22. The molecule has 2 heterocycles. The van der Waals surface area contributed by atoms with E-state index in [4.69, 9.17) is 4.74 Å². The van der Waals surface area contributed by atoms with Crippen LogP contribution < -0.4 is 5.32 Å². The molecule has 158 valence electrons. The first kappa shape index (κ1) is 23.4.